The van der Waals surface area contributed by atoms with E-state index in [1.54, 1.807) is 24.3 Å². The normalized spacial score (nSPS) is 12.1. The van der Waals surface area contributed by atoms with Crippen LogP contribution in [-0.4, -0.2) is 22.2 Å². The average molecular weight is 273 g/mol. The first-order chi connectivity index (χ1) is 7.00. The molecule has 0 spiro atoms. The molecule has 0 saturated carbocycles. The molecule has 0 aromatic heterocycles. The molecule has 80 valence electrons. The summed E-state index contributed by atoms with van der Waals surface area (Å²) >= 11 is 3.00. The van der Waals surface area contributed by atoms with Gasteiger partial charge in [-0.15, -0.1) is 0 Å². The van der Waals surface area contributed by atoms with E-state index in [1.165, 1.54) is 0 Å². The van der Waals surface area contributed by atoms with Gasteiger partial charge >= 0.3 is 11.9 Å². The Hall–Kier alpha value is -1.36. The lowest BCUT2D eigenvalue weighted by Crippen LogP contribution is -2.06. The number of carbonyl (C=O) groups is 2. The second-order valence-corrected chi connectivity index (χ2v) is 3.93. The van der Waals surface area contributed by atoms with Crippen molar-refractivity contribution in [3.63, 3.8) is 0 Å². The highest BCUT2D eigenvalue weighted by Crippen LogP contribution is 2.23. The predicted octanol–water partition coefficient (Wildman–Crippen LogP) is 1.83. The number of halogens is 1. The zero-order valence-corrected chi connectivity index (χ0v) is 9.27. The molecule has 0 amide bonds. The smallest absolute Gasteiger partial charge is 0.321 e. The Balaban J connectivity index is 2.92. The zero-order valence-electron chi connectivity index (χ0n) is 7.68. The fourth-order valence-electron chi connectivity index (χ4n) is 1.18. The Kier molecular flexibility index (Phi) is 3.85. The number of aliphatic carboxylic acids is 2. The molecular formula is C10H9BrO4. The van der Waals surface area contributed by atoms with E-state index in [4.69, 9.17) is 10.2 Å². The van der Waals surface area contributed by atoms with Crippen LogP contribution < -0.4 is 0 Å². The van der Waals surface area contributed by atoms with Gasteiger partial charge in [-0.1, -0.05) is 40.2 Å². The second-order valence-electron chi connectivity index (χ2n) is 3.02. The molecule has 5 heteroatoms. The van der Waals surface area contributed by atoms with Gasteiger partial charge in [0.2, 0.25) is 0 Å². The van der Waals surface area contributed by atoms with Gasteiger partial charge in [0.15, 0.2) is 0 Å². The molecule has 1 unspecified atom stereocenters. The number of rotatable bonds is 4. The summed E-state index contributed by atoms with van der Waals surface area (Å²) in [4.78, 5) is 20.3. The molecule has 0 saturated heterocycles. The predicted molar refractivity (Wildman–Crippen MR) is 57.1 cm³/mol. The van der Waals surface area contributed by atoms with Crippen molar-refractivity contribution in [3.05, 3.63) is 35.4 Å². The maximum Gasteiger partial charge on any atom is 0.321 e. The largest absolute Gasteiger partial charge is 0.481 e. The van der Waals surface area contributed by atoms with Crippen molar-refractivity contribution in [3.8, 4) is 0 Å². The topological polar surface area (TPSA) is 74.6 Å². The molecule has 0 aliphatic rings. The summed E-state index contributed by atoms with van der Waals surface area (Å²) < 4.78 is 0. The summed E-state index contributed by atoms with van der Waals surface area (Å²) in [5, 5.41) is 17.3. The maximum absolute atomic E-state index is 10.7. The highest BCUT2D eigenvalue weighted by Gasteiger charge is 2.15. The molecule has 1 aromatic rings. The number of carboxylic acids is 2. The Morgan fingerprint density at radius 1 is 1.33 bits per heavy atom. The fourth-order valence-corrected chi connectivity index (χ4v) is 1.46. The number of carboxylic acid groups (broad SMARTS) is 2. The van der Waals surface area contributed by atoms with E-state index in [0.717, 1.165) is 0 Å². The molecule has 0 aliphatic carbocycles. The van der Waals surface area contributed by atoms with Crippen LogP contribution in [0.4, 0.5) is 0 Å². The highest BCUT2D eigenvalue weighted by atomic mass is 79.9. The van der Waals surface area contributed by atoms with Gasteiger partial charge < -0.3 is 10.2 Å². The van der Waals surface area contributed by atoms with Crippen LogP contribution in [-0.2, 0) is 16.0 Å². The number of hydrogen-bond donors (Lipinski definition) is 2. The number of hydrogen-bond acceptors (Lipinski definition) is 2. The summed E-state index contributed by atoms with van der Waals surface area (Å²) in [5.74, 6) is -1.93. The minimum atomic E-state index is -0.998. The molecule has 1 rings (SSSR count). The van der Waals surface area contributed by atoms with E-state index in [2.05, 4.69) is 15.9 Å². The molecular weight excluding hydrogens is 264 g/mol. The Morgan fingerprint density at radius 2 is 2.00 bits per heavy atom. The Morgan fingerprint density at radius 3 is 2.53 bits per heavy atom. The van der Waals surface area contributed by atoms with Crippen molar-refractivity contribution in [1.29, 1.82) is 0 Å². The molecule has 15 heavy (non-hydrogen) atoms. The summed E-state index contributed by atoms with van der Waals surface area (Å²) in [6.45, 7) is 0. The summed E-state index contributed by atoms with van der Waals surface area (Å²) in [6, 6.07) is 6.50. The first kappa shape index (κ1) is 11.7. The van der Waals surface area contributed by atoms with E-state index in [1.807, 2.05) is 0 Å². The molecule has 0 bridgehead atoms. The van der Waals surface area contributed by atoms with E-state index in [0.29, 0.717) is 11.1 Å². The molecule has 1 aromatic carbocycles. The molecule has 0 heterocycles. The number of alkyl halides is 1. The first-order valence-corrected chi connectivity index (χ1v) is 5.10. The molecule has 1 atom stereocenters. The fraction of sp³-hybridized carbons (Fsp3) is 0.200. The third-order valence-corrected chi connectivity index (χ3v) is 2.74. The summed E-state index contributed by atoms with van der Waals surface area (Å²) in [7, 11) is 0. The standard InChI is InChI=1S/C10H9BrO4/c11-9(10(14)15)7-3-1-2-6(4-7)5-8(12)13/h1-4,9H,5H2,(H,12,13)(H,14,15). The Labute approximate surface area is 94.7 Å². The van der Waals surface area contributed by atoms with Crippen molar-refractivity contribution < 1.29 is 19.8 Å². The van der Waals surface area contributed by atoms with Gasteiger partial charge in [-0.2, -0.15) is 0 Å². The quantitative estimate of drug-likeness (QED) is 0.821. The van der Waals surface area contributed by atoms with Crippen LogP contribution in [0.1, 0.15) is 16.0 Å². The van der Waals surface area contributed by atoms with Gasteiger partial charge in [0.1, 0.15) is 4.83 Å². The SMILES string of the molecule is O=C(O)Cc1cccc(C(Br)C(=O)O)c1. The molecule has 0 fully saturated rings. The lowest BCUT2D eigenvalue weighted by molar-refractivity contribution is -0.137. The van der Waals surface area contributed by atoms with E-state index >= 15 is 0 Å². The van der Waals surface area contributed by atoms with Crippen molar-refractivity contribution in [2.75, 3.05) is 0 Å². The van der Waals surface area contributed by atoms with E-state index in [-0.39, 0.29) is 6.42 Å². The van der Waals surface area contributed by atoms with Gasteiger partial charge in [0.25, 0.3) is 0 Å². The monoisotopic (exact) mass is 272 g/mol. The maximum atomic E-state index is 10.7. The van der Waals surface area contributed by atoms with Crippen LogP contribution in [0, 0.1) is 0 Å². The van der Waals surface area contributed by atoms with Crippen molar-refractivity contribution in [1.82, 2.24) is 0 Å². The van der Waals surface area contributed by atoms with Crippen LogP contribution in [0.5, 0.6) is 0 Å². The second kappa shape index (κ2) is 4.93. The van der Waals surface area contributed by atoms with Crippen molar-refractivity contribution in [2.45, 2.75) is 11.2 Å². The van der Waals surface area contributed by atoms with Crippen LogP contribution in [0.15, 0.2) is 24.3 Å². The lowest BCUT2D eigenvalue weighted by Gasteiger charge is -2.06. The van der Waals surface area contributed by atoms with Crippen LogP contribution in [0.3, 0.4) is 0 Å². The highest BCUT2D eigenvalue weighted by molar-refractivity contribution is 9.09. The van der Waals surface area contributed by atoms with Gasteiger partial charge in [-0.25, -0.2) is 0 Å². The third kappa shape index (κ3) is 3.36. The third-order valence-electron chi connectivity index (χ3n) is 1.82. The van der Waals surface area contributed by atoms with Crippen LogP contribution in [0.2, 0.25) is 0 Å². The lowest BCUT2D eigenvalue weighted by atomic mass is 10.1. The van der Waals surface area contributed by atoms with Gasteiger partial charge in [-0.05, 0) is 11.1 Å². The minimum Gasteiger partial charge on any atom is -0.481 e. The summed E-state index contributed by atoms with van der Waals surface area (Å²) in [5.41, 5.74) is 1.13. The van der Waals surface area contributed by atoms with Gasteiger partial charge in [0, 0.05) is 0 Å². The van der Waals surface area contributed by atoms with Crippen molar-refractivity contribution in [2.24, 2.45) is 0 Å². The molecule has 2 N–H and O–H groups in total. The van der Waals surface area contributed by atoms with E-state index < -0.39 is 16.8 Å². The number of benzene rings is 1. The van der Waals surface area contributed by atoms with Crippen molar-refractivity contribution >= 4 is 27.9 Å². The van der Waals surface area contributed by atoms with Gasteiger partial charge in [0.05, 0.1) is 6.42 Å². The zero-order chi connectivity index (χ0) is 11.4. The van der Waals surface area contributed by atoms with E-state index in [9.17, 15) is 9.59 Å². The molecule has 4 nitrogen and oxygen atoms in total. The Bertz CT molecular complexity index is 389. The minimum absolute atomic E-state index is 0.104. The molecule has 0 radical (unpaired) electrons. The van der Waals surface area contributed by atoms with Crippen LogP contribution in [0.25, 0.3) is 0 Å². The molecule has 0 aliphatic heterocycles. The van der Waals surface area contributed by atoms with Crippen LogP contribution >= 0.6 is 15.9 Å². The first-order valence-electron chi connectivity index (χ1n) is 4.18. The average Bonchev–Trinajstić information content (AvgIpc) is 2.16. The van der Waals surface area contributed by atoms with Gasteiger partial charge in [-0.3, -0.25) is 9.59 Å². The summed E-state index contributed by atoms with van der Waals surface area (Å²) in [6.07, 6.45) is -0.104.